The lowest BCUT2D eigenvalue weighted by atomic mass is 9.99. The SMILES string of the molecule is CC[C@H](C)[C@H](N)C(=O)NCc1cc2c(s1)CCC2. The highest BCUT2D eigenvalue weighted by Crippen LogP contribution is 2.30. The number of hydrogen-bond donors (Lipinski definition) is 2. The molecule has 0 bridgehead atoms. The molecule has 0 unspecified atom stereocenters. The van der Waals surface area contributed by atoms with Crippen molar-refractivity contribution in [3.05, 3.63) is 21.4 Å². The molecule has 2 atom stereocenters. The van der Waals surface area contributed by atoms with E-state index in [1.165, 1.54) is 34.6 Å². The minimum Gasteiger partial charge on any atom is -0.350 e. The van der Waals surface area contributed by atoms with E-state index in [0.29, 0.717) is 6.54 Å². The molecule has 0 radical (unpaired) electrons. The van der Waals surface area contributed by atoms with Gasteiger partial charge in [0.25, 0.3) is 0 Å². The van der Waals surface area contributed by atoms with E-state index in [1.807, 2.05) is 18.3 Å². The molecule has 0 spiro atoms. The van der Waals surface area contributed by atoms with E-state index in [4.69, 9.17) is 5.73 Å². The van der Waals surface area contributed by atoms with Gasteiger partial charge in [-0.05, 0) is 36.8 Å². The van der Waals surface area contributed by atoms with E-state index in [2.05, 4.69) is 18.3 Å². The third-order valence-corrected chi connectivity index (χ3v) is 5.03. The molecule has 0 aromatic carbocycles. The van der Waals surface area contributed by atoms with Gasteiger partial charge >= 0.3 is 0 Å². The standard InChI is InChI=1S/C14H22N2OS/c1-3-9(2)13(15)14(17)16-8-11-7-10-5-4-6-12(10)18-11/h7,9,13H,3-6,8,15H2,1-2H3,(H,16,17)/t9-,13-/m0/s1. The van der Waals surface area contributed by atoms with Gasteiger partial charge in [-0.15, -0.1) is 11.3 Å². The van der Waals surface area contributed by atoms with Crippen molar-refractivity contribution in [3.8, 4) is 0 Å². The second kappa shape index (κ2) is 5.85. The van der Waals surface area contributed by atoms with E-state index in [0.717, 1.165) is 6.42 Å². The number of thiophene rings is 1. The van der Waals surface area contributed by atoms with Crippen LogP contribution < -0.4 is 11.1 Å². The van der Waals surface area contributed by atoms with Crippen molar-refractivity contribution >= 4 is 17.2 Å². The minimum atomic E-state index is -0.387. The number of rotatable bonds is 5. The van der Waals surface area contributed by atoms with Gasteiger partial charge in [0.2, 0.25) is 5.91 Å². The second-order valence-corrected chi connectivity index (χ2v) is 6.37. The van der Waals surface area contributed by atoms with E-state index < -0.39 is 0 Å². The van der Waals surface area contributed by atoms with Gasteiger partial charge in [-0.2, -0.15) is 0 Å². The lowest BCUT2D eigenvalue weighted by Crippen LogP contribution is -2.44. The number of nitrogens with two attached hydrogens (primary N) is 1. The molecule has 1 aromatic heterocycles. The Morgan fingerprint density at radius 3 is 3.00 bits per heavy atom. The highest BCUT2D eigenvalue weighted by Gasteiger charge is 2.20. The van der Waals surface area contributed by atoms with Crippen LogP contribution in [-0.2, 0) is 24.2 Å². The first-order chi connectivity index (χ1) is 8.61. The predicted octanol–water partition coefficient (Wildman–Crippen LogP) is 2.23. The molecular weight excluding hydrogens is 244 g/mol. The summed E-state index contributed by atoms with van der Waals surface area (Å²) in [5.74, 6) is 0.205. The van der Waals surface area contributed by atoms with Crippen molar-refractivity contribution in [3.63, 3.8) is 0 Å². The van der Waals surface area contributed by atoms with E-state index in [1.54, 1.807) is 0 Å². The molecule has 1 aliphatic rings. The average Bonchev–Trinajstić information content (AvgIpc) is 2.94. The quantitative estimate of drug-likeness (QED) is 0.858. The Morgan fingerprint density at radius 2 is 2.33 bits per heavy atom. The van der Waals surface area contributed by atoms with Gasteiger partial charge in [-0.25, -0.2) is 0 Å². The summed E-state index contributed by atoms with van der Waals surface area (Å²) >= 11 is 1.83. The number of amides is 1. The Hall–Kier alpha value is -0.870. The van der Waals surface area contributed by atoms with Gasteiger partial charge < -0.3 is 11.1 Å². The number of carbonyl (C=O) groups excluding carboxylic acids is 1. The van der Waals surface area contributed by atoms with Crippen LogP contribution in [0.25, 0.3) is 0 Å². The first kappa shape index (κ1) is 13.6. The molecule has 0 saturated carbocycles. The van der Waals surface area contributed by atoms with Crippen molar-refractivity contribution in [2.75, 3.05) is 0 Å². The predicted molar refractivity (Wildman–Crippen MR) is 75.6 cm³/mol. The summed E-state index contributed by atoms with van der Waals surface area (Å²) in [7, 11) is 0. The van der Waals surface area contributed by atoms with Gasteiger partial charge in [-0.1, -0.05) is 20.3 Å². The Bertz CT molecular complexity index is 406. The van der Waals surface area contributed by atoms with Crippen LogP contribution in [0, 0.1) is 5.92 Å². The molecular formula is C14H22N2OS. The fraction of sp³-hybridized carbons (Fsp3) is 0.643. The summed E-state index contributed by atoms with van der Waals surface area (Å²) in [6.45, 7) is 4.70. The lowest BCUT2D eigenvalue weighted by molar-refractivity contribution is -0.123. The summed E-state index contributed by atoms with van der Waals surface area (Å²) in [6, 6.07) is 1.85. The number of aryl methyl sites for hydroxylation is 2. The van der Waals surface area contributed by atoms with Crippen molar-refractivity contribution in [2.24, 2.45) is 11.7 Å². The highest BCUT2D eigenvalue weighted by atomic mass is 32.1. The molecule has 3 N–H and O–H groups in total. The zero-order valence-corrected chi connectivity index (χ0v) is 12.0. The molecule has 1 heterocycles. The largest absolute Gasteiger partial charge is 0.350 e. The first-order valence-corrected chi connectivity index (χ1v) is 7.57. The number of hydrogen-bond acceptors (Lipinski definition) is 3. The maximum absolute atomic E-state index is 11.9. The molecule has 0 fully saturated rings. The zero-order valence-electron chi connectivity index (χ0n) is 11.2. The average molecular weight is 266 g/mol. The van der Waals surface area contributed by atoms with Gasteiger partial charge in [0.05, 0.1) is 12.6 Å². The molecule has 1 amide bonds. The second-order valence-electron chi connectivity index (χ2n) is 5.14. The number of nitrogens with one attached hydrogen (secondary N) is 1. The van der Waals surface area contributed by atoms with Crippen LogP contribution in [0.5, 0.6) is 0 Å². The maximum Gasteiger partial charge on any atom is 0.237 e. The molecule has 1 aliphatic carbocycles. The van der Waals surface area contributed by atoms with E-state index in [9.17, 15) is 4.79 Å². The van der Waals surface area contributed by atoms with Crippen molar-refractivity contribution in [2.45, 2.75) is 52.1 Å². The Labute approximate surface area is 113 Å². The third-order valence-electron chi connectivity index (χ3n) is 3.79. The smallest absolute Gasteiger partial charge is 0.237 e. The number of carbonyl (C=O) groups is 1. The monoisotopic (exact) mass is 266 g/mol. The summed E-state index contributed by atoms with van der Waals surface area (Å²) in [5, 5.41) is 2.95. The molecule has 18 heavy (non-hydrogen) atoms. The third kappa shape index (κ3) is 2.93. The van der Waals surface area contributed by atoms with Crippen LogP contribution in [0.15, 0.2) is 6.07 Å². The van der Waals surface area contributed by atoms with Crippen LogP contribution in [0.1, 0.15) is 42.0 Å². The van der Waals surface area contributed by atoms with Gasteiger partial charge in [-0.3, -0.25) is 4.79 Å². The van der Waals surface area contributed by atoms with Crippen LogP contribution in [-0.4, -0.2) is 11.9 Å². The summed E-state index contributed by atoms with van der Waals surface area (Å²) in [5.41, 5.74) is 7.38. The Morgan fingerprint density at radius 1 is 1.56 bits per heavy atom. The lowest BCUT2D eigenvalue weighted by Gasteiger charge is -2.17. The molecule has 1 aromatic rings. The fourth-order valence-electron chi connectivity index (χ4n) is 2.28. The van der Waals surface area contributed by atoms with Crippen molar-refractivity contribution in [1.82, 2.24) is 5.32 Å². The van der Waals surface area contributed by atoms with Gasteiger partial charge in [0, 0.05) is 9.75 Å². The maximum atomic E-state index is 11.9. The van der Waals surface area contributed by atoms with Crippen molar-refractivity contribution in [1.29, 1.82) is 0 Å². The zero-order chi connectivity index (χ0) is 13.1. The fourth-order valence-corrected chi connectivity index (χ4v) is 3.48. The van der Waals surface area contributed by atoms with Gasteiger partial charge in [0.1, 0.15) is 0 Å². The topological polar surface area (TPSA) is 55.1 Å². The Balaban J connectivity index is 1.85. The van der Waals surface area contributed by atoms with Crippen molar-refractivity contribution < 1.29 is 4.79 Å². The first-order valence-electron chi connectivity index (χ1n) is 6.75. The molecule has 0 aliphatic heterocycles. The van der Waals surface area contributed by atoms with Crippen LogP contribution in [0.4, 0.5) is 0 Å². The molecule has 2 rings (SSSR count). The summed E-state index contributed by atoms with van der Waals surface area (Å²) in [4.78, 5) is 14.6. The van der Waals surface area contributed by atoms with Gasteiger partial charge in [0.15, 0.2) is 0 Å². The highest BCUT2D eigenvalue weighted by molar-refractivity contribution is 7.12. The van der Waals surface area contributed by atoms with E-state index in [-0.39, 0.29) is 17.9 Å². The van der Waals surface area contributed by atoms with E-state index >= 15 is 0 Å². The molecule has 4 heteroatoms. The molecule has 100 valence electrons. The number of fused-ring (bicyclic) bond motifs is 1. The normalized spacial score (nSPS) is 17.3. The minimum absolute atomic E-state index is 0.0297. The van der Waals surface area contributed by atoms with Crippen LogP contribution in [0.2, 0.25) is 0 Å². The molecule has 3 nitrogen and oxygen atoms in total. The summed E-state index contributed by atoms with van der Waals surface area (Å²) < 4.78 is 0. The summed E-state index contributed by atoms with van der Waals surface area (Å²) in [6.07, 6.45) is 4.63. The molecule has 0 saturated heterocycles. The Kier molecular flexibility index (Phi) is 4.40. The van der Waals surface area contributed by atoms with Crippen LogP contribution >= 0.6 is 11.3 Å². The van der Waals surface area contributed by atoms with Crippen LogP contribution in [0.3, 0.4) is 0 Å².